The van der Waals surface area contributed by atoms with E-state index in [0.717, 1.165) is 18.8 Å². The first-order valence-electron chi connectivity index (χ1n) is 7.51. The highest BCUT2D eigenvalue weighted by Gasteiger charge is 2.39. The summed E-state index contributed by atoms with van der Waals surface area (Å²) in [5, 5.41) is 7.95. The summed E-state index contributed by atoms with van der Waals surface area (Å²) in [5.41, 5.74) is 1.18. The molecule has 3 aliphatic rings. The molecule has 3 saturated heterocycles. The summed E-state index contributed by atoms with van der Waals surface area (Å²) < 4.78 is 7.58. The zero-order chi connectivity index (χ0) is 14.1. The van der Waals surface area contributed by atoms with Crippen molar-refractivity contribution in [2.45, 2.75) is 25.6 Å². The van der Waals surface area contributed by atoms with E-state index in [0.29, 0.717) is 6.04 Å². The van der Waals surface area contributed by atoms with E-state index >= 15 is 0 Å². The predicted molar refractivity (Wildman–Crippen MR) is 78.1 cm³/mol. The number of nitrogens with one attached hydrogen (secondary N) is 1. The maximum atomic E-state index is 5.53. The van der Waals surface area contributed by atoms with E-state index in [1.165, 1.54) is 31.9 Å². The summed E-state index contributed by atoms with van der Waals surface area (Å²) in [6.07, 6.45) is 1.83. The van der Waals surface area contributed by atoms with Gasteiger partial charge in [-0.1, -0.05) is 0 Å². The first kappa shape index (κ1) is 13.9. The molecule has 0 aliphatic carbocycles. The number of likely N-dealkylation sites (N-methyl/N-ethyl adjacent to an activating group) is 1. The molecule has 2 unspecified atom stereocenters. The Morgan fingerprint density at radius 1 is 1.40 bits per heavy atom. The number of ether oxygens (including phenoxy) is 1. The number of fused-ring (bicyclic) bond motifs is 3. The molecule has 0 amide bonds. The highest BCUT2D eigenvalue weighted by Crippen LogP contribution is 2.32. The van der Waals surface area contributed by atoms with Crippen LogP contribution < -0.4 is 10.1 Å². The first-order valence-corrected chi connectivity index (χ1v) is 7.51. The van der Waals surface area contributed by atoms with Crippen molar-refractivity contribution in [2.24, 2.45) is 0 Å². The van der Waals surface area contributed by atoms with Gasteiger partial charge in [0.15, 0.2) is 5.75 Å². The zero-order valence-electron chi connectivity index (χ0n) is 12.7. The van der Waals surface area contributed by atoms with E-state index in [1.807, 2.05) is 13.2 Å². The van der Waals surface area contributed by atoms with Crippen molar-refractivity contribution in [1.29, 1.82) is 0 Å². The molecule has 3 fully saturated rings. The summed E-state index contributed by atoms with van der Waals surface area (Å²) in [4.78, 5) is 5.17. The number of hydrogen-bond acceptors (Lipinski definition) is 5. The molecule has 0 radical (unpaired) electrons. The first-order chi connectivity index (χ1) is 9.78. The molecular formula is C14H25N5O. The van der Waals surface area contributed by atoms with Crippen LogP contribution >= 0.6 is 0 Å². The van der Waals surface area contributed by atoms with Crippen LogP contribution in [0.25, 0.3) is 0 Å². The average Bonchev–Trinajstić information content (AvgIpc) is 2.92. The molecule has 2 atom stereocenters. The monoisotopic (exact) mass is 279 g/mol. The number of aryl methyl sites for hydroxylation is 1. The summed E-state index contributed by atoms with van der Waals surface area (Å²) in [6, 6.07) is 0.758. The largest absolute Gasteiger partial charge is 0.493 e. The fraction of sp³-hybridized carbons (Fsp3) is 0.786. The van der Waals surface area contributed by atoms with Crippen LogP contribution in [0.3, 0.4) is 0 Å². The van der Waals surface area contributed by atoms with E-state index in [2.05, 4.69) is 31.8 Å². The van der Waals surface area contributed by atoms with Gasteiger partial charge in [0.2, 0.25) is 0 Å². The molecule has 0 saturated carbocycles. The molecular weight excluding hydrogens is 254 g/mol. The molecule has 3 aliphatic heterocycles. The lowest BCUT2D eigenvalue weighted by molar-refractivity contribution is -0.00413. The van der Waals surface area contributed by atoms with E-state index in [9.17, 15) is 0 Å². The SMILES string of the molecule is CCn1ncc(OC)c1C(NC)C1CN2CCN1CC2. The van der Waals surface area contributed by atoms with Gasteiger partial charge in [0.25, 0.3) is 0 Å². The van der Waals surface area contributed by atoms with Gasteiger partial charge in [0.1, 0.15) is 0 Å². The van der Waals surface area contributed by atoms with Gasteiger partial charge in [-0.2, -0.15) is 5.10 Å². The topological polar surface area (TPSA) is 45.6 Å². The van der Waals surface area contributed by atoms with E-state index in [-0.39, 0.29) is 6.04 Å². The Labute approximate surface area is 120 Å². The average molecular weight is 279 g/mol. The molecule has 1 aromatic rings. The highest BCUT2D eigenvalue weighted by atomic mass is 16.5. The molecule has 112 valence electrons. The number of aromatic nitrogens is 2. The van der Waals surface area contributed by atoms with Gasteiger partial charge in [-0.3, -0.25) is 14.5 Å². The van der Waals surface area contributed by atoms with E-state index in [1.54, 1.807) is 7.11 Å². The Balaban J connectivity index is 1.91. The van der Waals surface area contributed by atoms with Crippen LogP contribution in [0.1, 0.15) is 18.7 Å². The third-order valence-electron chi connectivity index (χ3n) is 4.68. The van der Waals surface area contributed by atoms with Crippen molar-refractivity contribution in [1.82, 2.24) is 24.9 Å². The Morgan fingerprint density at radius 3 is 2.65 bits per heavy atom. The van der Waals surface area contributed by atoms with Crippen molar-refractivity contribution >= 4 is 0 Å². The van der Waals surface area contributed by atoms with Crippen LogP contribution in [0, 0.1) is 0 Å². The number of hydrogen-bond donors (Lipinski definition) is 1. The van der Waals surface area contributed by atoms with Gasteiger partial charge >= 0.3 is 0 Å². The Morgan fingerprint density at radius 2 is 2.15 bits per heavy atom. The summed E-state index contributed by atoms with van der Waals surface area (Å²) in [5.74, 6) is 0.892. The van der Waals surface area contributed by atoms with Gasteiger partial charge in [-0.05, 0) is 14.0 Å². The normalized spacial score (nSPS) is 30.4. The standard InChI is InChI=1S/C14H25N5O/c1-4-19-14(12(20-3)9-16-19)13(15-2)11-10-17-5-7-18(11)8-6-17/h9,11,13,15H,4-8,10H2,1-3H3. The fourth-order valence-electron chi connectivity index (χ4n) is 3.59. The smallest absolute Gasteiger partial charge is 0.161 e. The highest BCUT2D eigenvalue weighted by molar-refractivity contribution is 5.30. The van der Waals surface area contributed by atoms with Crippen LogP contribution in [0.2, 0.25) is 0 Å². The van der Waals surface area contributed by atoms with E-state index < -0.39 is 0 Å². The van der Waals surface area contributed by atoms with E-state index in [4.69, 9.17) is 4.74 Å². The molecule has 1 N–H and O–H groups in total. The van der Waals surface area contributed by atoms with Crippen LogP contribution in [0.15, 0.2) is 6.20 Å². The van der Waals surface area contributed by atoms with Crippen LogP contribution in [0.5, 0.6) is 5.75 Å². The summed E-state index contributed by atoms with van der Waals surface area (Å²) >= 11 is 0. The lowest BCUT2D eigenvalue weighted by atomic mass is 9.97. The Bertz CT molecular complexity index is 431. The molecule has 4 heterocycles. The minimum absolute atomic E-state index is 0.260. The summed E-state index contributed by atoms with van der Waals surface area (Å²) in [7, 11) is 3.76. The molecule has 0 aromatic carbocycles. The molecule has 0 spiro atoms. The van der Waals surface area contributed by atoms with Crippen molar-refractivity contribution in [2.75, 3.05) is 46.9 Å². The van der Waals surface area contributed by atoms with Crippen LogP contribution in [-0.4, -0.2) is 72.5 Å². The zero-order valence-corrected chi connectivity index (χ0v) is 12.7. The van der Waals surface area contributed by atoms with Crippen molar-refractivity contribution in [3.05, 3.63) is 11.9 Å². The van der Waals surface area contributed by atoms with Crippen LogP contribution in [0.4, 0.5) is 0 Å². The predicted octanol–water partition coefficient (Wildman–Crippen LogP) is 0.172. The maximum Gasteiger partial charge on any atom is 0.161 e. The fourth-order valence-corrected chi connectivity index (χ4v) is 3.59. The van der Waals surface area contributed by atoms with Crippen molar-refractivity contribution in [3.8, 4) is 5.75 Å². The second-order valence-corrected chi connectivity index (χ2v) is 5.58. The third-order valence-corrected chi connectivity index (χ3v) is 4.68. The third kappa shape index (κ3) is 2.21. The Kier molecular flexibility index (Phi) is 3.96. The molecule has 4 rings (SSSR count). The van der Waals surface area contributed by atoms with Crippen molar-refractivity contribution in [3.63, 3.8) is 0 Å². The molecule has 20 heavy (non-hydrogen) atoms. The summed E-state index contributed by atoms with van der Waals surface area (Å²) in [6.45, 7) is 8.88. The molecule has 1 aromatic heterocycles. The minimum Gasteiger partial charge on any atom is -0.493 e. The molecule has 6 heteroatoms. The van der Waals surface area contributed by atoms with Crippen LogP contribution in [-0.2, 0) is 6.54 Å². The van der Waals surface area contributed by atoms with Gasteiger partial charge in [-0.25, -0.2) is 0 Å². The molecule has 6 nitrogen and oxygen atoms in total. The number of piperazine rings is 3. The second-order valence-electron chi connectivity index (χ2n) is 5.58. The van der Waals surface area contributed by atoms with Gasteiger partial charge in [0.05, 0.1) is 25.0 Å². The number of methoxy groups -OCH3 is 1. The maximum absolute atomic E-state index is 5.53. The van der Waals surface area contributed by atoms with Gasteiger partial charge in [-0.15, -0.1) is 0 Å². The number of rotatable bonds is 5. The number of nitrogens with zero attached hydrogens (tertiary/aromatic N) is 4. The van der Waals surface area contributed by atoms with Gasteiger partial charge < -0.3 is 10.1 Å². The minimum atomic E-state index is 0.260. The lowest BCUT2D eigenvalue weighted by Crippen LogP contribution is -2.63. The van der Waals surface area contributed by atoms with Crippen molar-refractivity contribution < 1.29 is 4.74 Å². The second kappa shape index (κ2) is 5.71. The lowest BCUT2D eigenvalue weighted by Gasteiger charge is -2.50. The molecule has 2 bridgehead atoms. The van der Waals surface area contributed by atoms with Gasteiger partial charge in [0, 0.05) is 45.3 Å². The Hall–Kier alpha value is -1.11. The quantitative estimate of drug-likeness (QED) is 0.832.